The van der Waals surface area contributed by atoms with Crippen molar-refractivity contribution in [2.24, 2.45) is 0 Å². The van der Waals surface area contributed by atoms with Crippen molar-refractivity contribution in [3.05, 3.63) is 111 Å². The monoisotopic (exact) mass is 594 g/mol. The van der Waals surface area contributed by atoms with E-state index in [4.69, 9.17) is 27.7 Å². The number of benzene rings is 3. The Morgan fingerprint density at radius 3 is 2.33 bits per heavy atom. The number of nitrogens with zero attached hydrogens (tertiary/aromatic N) is 1. The molecule has 0 bridgehead atoms. The minimum atomic E-state index is -0.550. The molecule has 0 saturated carbocycles. The lowest BCUT2D eigenvalue weighted by molar-refractivity contribution is -0.115. The van der Waals surface area contributed by atoms with E-state index in [1.54, 1.807) is 92.7 Å². The predicted octanol–water partition coefficient (Wildman–Crippen LogP) is 6.82. The maximum atomic E-state index is 13.3. The Hall–Kier alpha value is -4.05. The molecule has 1 heterocycles. The largest absolute Gasteiger partial charge is 0.360 e. The maximum absolute atomic E-state index is 13.3. The van der Waals surface area contributed by atoms with Gasteiger partial charge in [-0.1, -0.05) is 52.6 Å². The van der Waals surface area contributed by atoms with Crippen LogP contribution in [0.3, 0.4) is 0 Å². The summed E-state index contributed by atoms with van der Waals surface area (Å²) < 4.78 is 4.97. The highest BCUT2D eigenvalue weighted by Gasteiger charge is 2.18. The molecule has 3 aromatic carbocycles. The van der Waals surface area contributed by atoms with E-state index in [-0.39, 0.29) is 11.6 Å². The van der Waals surface area contributed by atoms with Crippen LogP contribution in [0.15, 0.2) is 94.0 Å². The van der Waals surface area contributed by atoms with Crippen LogP contribution in [0.4, 0.5) is 11.5 Å². The van der Waals surface area contributed by atoms with Gasteiger partial charge in [0.2, 0.25) is 5.91 Å². The standard InChI is InChI=1S/C29H24Cl2N4O4S/c1-17-14-26(35-39-17)34-27(36)18(2)40-23-12-10-22(11-13-23)32-29(38)25(15-20-8-9-21(30)16-24(20)31)33-28(37)19-6-4-3-5-7-19/h3-16,18H,1-2H3,(H,32,38)(H,33,37)(H,34,35,36)/b25-15-. The van der Waals surface area contributed by atoms with Gasteiger partial charge >= 0.3 is 0 Å². The average Bonchev–Trinajstić information content (AvgIpc) is 3.35. The number of nitrogens with one attached hydrogen (secondary N) is 3. The van der Waals surface area contributed by atoms with E-state index >= 15 is 0 Å². The van der Waals surface area contributed by atoms with Gasteiger partial charge in [-0.05, 0) is 74.0 Å². The van der Waals surface area contributed by atoms with Crippen LogP contribution in [0.2, 0.25) is 10.0 Å². The summed E-state index contributed by atoms with van der Waals surface area (Å²) in [5.41, 5.74) is 1.38. The molecule has 8 nitrogen and oxygen atoms in total. The molecule has 11 heteroatoms. The lowest BCUT2D eigenvalue weighted by Gasteiger charge is -2.13. The second-order valence-electron chi connectivity index (χ2n) is 8.59. The molecule has 3 amide bonds. The first-order chi connectivity index (χ1) is 19.2. The lowest BCUT2D eigenvalue weighted by Crippen LogP contribution is -2.30. The van der Waals surface area contributed by atoms with Crippen LogP contribution >= 0.6 is 35.0 Å². The van der Waals surface area contributed by atoms with Crippen molar-refractivity contribution in [3.8, 4) is 0 Å². The van der Waals surface area contributed by atoms with Crippen LogP contribution in [0.25, 0.3) is 6.08 Å². The summed E-state index contributed by atoms with van der Waals surface area (Å²) in [6.07, 6.45) is 1.48. The van der Waals surface area contributed by atoms with Crippen LogP contribution in [0.5, 0.6) is 0 Å². The van der Waals surface area contributed by atoms with Crippen molar-refractivity contribution in [1.29, 1.82) is 0 Å². The highest BCUT2D eigenvalue weighted by molar-refractivity contribution is 8.00. The number of carbonyl (C=O) groups excluding carboxylic acids is 3. The summed E-state index contributed by atoms with van der Waals surface area (Å²) >= 11 is 13.7. The number of amides is 3. The van der Waals surface area contributed by atoms with Gasteiger partial charge in [-0.15, -0.1) is 11.8 Å². The molecule has 0 aliphatic heterocycles. The maximum Gasteiger partial charge on any atom is 0.272 e. The summed E-state index contributed by atoms with van der Waals surface area (Å²) in [5, 5.41) is 12.3. The van der Waals surface area contributed by atoms with Gasteiger partial charge in [0.05, 0.1) is 5.25 Å². The van der Waals surface area contributed by atoms with Crippen LogP contribution in [-0.4, -0.2) is 28.1 Å². The van der Waals surface area contributed by atoms with E-state index in [1.165, 1.54) is 17.8 Å². The Labute approximate surface area is 245 Å². The minimum Gasteiger partial charge on any atom is -0.360 e. The number of aryl methyl sites for hydroxylation is 1. The number of rotatable bonds is 9. The molecule has 1 atom stereocenters. The van der Waals surface area contributed by atoms with Crippen molar-refractivity contribution in [2.45, 2.75) is 24.0 Å². The highest BCUT2D eigenvalue weighted by Crippen LogP contribution is 2.26. The Bertz CT molecular complexity index is 1560. The zero-order valence-corrected chi connectivity index (χ0v) is 23.7. The fourth-order valence-electron chi connectivity index (χ4n) is 3.44. The molecule has 40 heavy (non-hydrogen) atoms. The second-order valence-corrected chi connectivity index (χ2v) is 10.9. The number of hydrogen-bond donors (Lipinski definition) is 3. The van der Waals surface area contributed by atoms with Crippen LogP contribution in [-0.2, 0) is 9.59 Å². The van der Waals surface area contributed by atoms with E-state index in [2.05, 4.69) is 21.1 Å². The SMILES string of the molecule is Cc1cc(NC(=O)C(C)Sc2ccc(NC(=O)/C(=C/c3ccc(Cl)cc3Cl)NC(=O)c3ccccc3)cc2)no1. The van der Waals surface area contributed by atoms with Gasteiger partial charge in [0.15, 0.2) is 5.82 Å². The van der Waals surface area contributed by atoms with E-state index in [0.29, 0.717) is 38.4 Å². The first kappa shape index (κ1) is 28.9. The molecule has 0 saturated heterocycles. The van der Waals surface area contributed by atoms with Gasteiger partial charge in [-0.2, -0.15) is 0 Å². The number of thioether (sulfide) groups is 1. The normalized spacial score (nSPS) is 11.9. The summed E-state index contributed by atoms with van der Waals surface area (Å²) in [6, 6.07) is 22.0. The average molecular weight is 596 g/mol. The third-order valence-corrected chi connectivity index (χ3v) is 7.14. The van der Waals surface area contributed by atoms with E-state index < -0.39 is 17.1 Å². The smallest absolute Gasteiger partial charge is 0.272 e. The molecular formula is C29H24Cl2N4O4S. The molecule has 1 unspecified atom stereocenters. The Morgan fingerprint density at radius 1 is 0.950 bits per heavy atom. The third kappa shape index (κ3) is 7.98. The summed E-state index contributed by atoms with van der Waals surface area (Å²) in [7, 11) is 0. The van der Waals surface area contributed by atoms with Crippen molar-refractivity contribution in [2.75, 3.05) is 10.6 Å². The predicted molar refractivity (Wildman–Crippen MR) is 159 cm³/mol. The fraction of sp³-hybridized carbons (Fsp3) is 0.103. The zero-order valence-electron chi connectivity index (χ0n) is 21.4. The number of carbonyl (C=O) groups is 3. The lowest BCUT2D eigenvalue weighted by atomic mass is 10.1. The minimum absolute atomic E-state index is 0.00934. The zero-order chi connectivity index (χ0) is 28.6. The molecule has 1 aromatic heterocycles. The van der Waals surface area contributed by atoms with Crippen molar-refractivity contribution in [3.63, 3.8) is 0 Å². The van der Waals surface area contributed by atoms with E-state index in [1.807, 2.05) is 0 Å². The first-order valence-corrected chi connectivity index (χ1v) is 13.7. The molecule has 0 radical (unpaired) electrons. The summed E-state index contributed by atoms with van der Waals surface area (Å²) in [5.74, 6) is -0.267. The highest BCUT2D eigenvalue weighted by atomic mass is 35.5. The van der Waals surface area contributed by atoms with E-state index in [9.17, 15) is 14.4 Å². The van der Waals surface area contributed by atoms with Crippen LogP contribution in [0, 0.1) is 6.92 Å². The molecule has 204 valence electrons. The summed E-state index contributed by atoms with van der Waals surface area (Å²) in [4.78, 5) is 39.4. The Balaban J connectivity index is 1.46. The molecule has 0 fully saturated rings. The van der Waals surface area contributed by atoms with Crippen molar-refractivity contribution in [1.82, 2.24) is 10.5 Å². The number of hydrogen-bond acceptors (Lipinski definition) is 6. The van der Waals surface area contributed by atoms with Gasteiger partial charge in [0.1, 0.15) is 11.5 Å². The van der Waals surface area contributed by atoms with Gasteiger partial charge in [-0.25, -0.2) is 0 Å². The third-order valence-electron chi connectivity index (χ3n) is 5.46. The fourth-order valence-corrected chi connectivity index (χ4v) is 4.77. The number of halogens is 2. The topological polar surface area (TPSA) is 113 Å². The Kier molecular flexibility index (Phi) is 9.65. The van der Waals surface area contributed by atoms with Gasteiger partial charge in [-0.3, -0.25) is 14.4 Å². The van der Waals surface area contributed by atoms with Gasteiger partial charge in [0, 0.05) is 32.3 Å². The van der Waals surface area contributed by atoms with Crippen molar-refractivity contribution >= 4 is 70.3 Å². The molecule has 0 spiro atoms. The molecule has 0 aliphatic rings. The van der Waals surface area contributed by atoms with E-state index in [0.717, 1.165) is 4.90 Å². The summed E-state index contributed by atoms with van der Waals surface area (Å²) in [6.45, 7) is 3.51. The van der Waals surface area contributed by atoms with Gasteiger partial charge in [0.25, 0.3) is 11.8 Å². The quantitative estimate of drug-likeness (QED) is 0.145. The number of aromatic nitrogens is 1. The van der Waals surface area contributed by atoms with Gasteiger partial charge < -0.3 is 20.5 Å². The first-order valence-electron chi connectivity index (χ1n) is 12.0. The Morgan fingerprint density at radius 2 is 1.68 bits per heavy atom. The van der Waals surface area contributed by atoms with Crippen molar-refractivity contribution < 1.29 is 18.9 Å². The molecular weight excluding hydrogens is 571 g/mol. The second kappa shape index (κ2) is 13.3. The molecule has 4 aromatic rings. The number of anilines is 2. The molecule has 3 N–H and O–H groups in total. The molecule has 0 aliphatic carbocycles. The van der Waals surface area contributed by atoms with Crippen LogP contribution in [0.1, 0.15) is 28.6 Å². The molecule has 4 rings (SSSR count). The van der Waals surface area contributed by atoms with Crippen LogP contribution < -0.4 is 16.0 Å².